The van der Waals surface area contributed by atoms with Gasteiger partial charge in [-0.1, -0.05) is 30.0 Å². The third-order valence-corrected chi connectivity index (χ3v) is 4.76. The van der Waals surface area contributed by atoms with Crippen LogP contribution in [0, 0.1) is 6.92 Å². The van der Waals surface area contributed by atoms with E-state index in [1.54, 1.807) is 6.26 Å². The van der Waals surface area contributed by atoms with Gasteiger partial charge in [0.15, 0.2) is 11.0 Å². The topological polar surface area (TPSA) is 72.9 Å². The molecule has 1 aromatic carbocycles. The van der Waals surface area contributed by atoms with Crippen molar-refractivity contribution in [2.45, 2.75) is 24.3 Å². The smallest absolute Gasteiger partial charge is 0.237 e. The highest BCUT2D eigenvalue weighted by molar-refractivity contribution is 8.00. The van der Waals surface area contributed by atoms with Crippen LogP contribution in [0.2, 0.25) is 0 Å². The van der Waals surface area contributed by atoms with Crippen LogP contribution in [0.1, 0.15) is 12.7 Å². The van der Waals surface area contributed by atoms with Gasteiger partial charge < -0.3 is 14.3 Å². The van der Waals surface area contributed by atoms with Crippen molar-refractivity contribution in [2.75, 3.05) is 5.32 Å². The third-order valence-electron chi connectivity index (χ3n) is 3.63. The second-order valence-electron chi connectivity index (χ2n) is 5.37. The average Bonchev–Trinajstić information content (AvgIpc) is 3.14. The molecule has 24 heavy (non-hydrogen) atoms. The van der Waals surface area contributed by atoms with Gasteiger partial charge in [-0.15, -0.1) is 10.2 Å². The van der Waals surface area contributed by atoms with E-state index in [1.165, 1.54) is 11.8 Å². The lowest BCUT2D eigenvalue weighted by molar-refractivity contribution is -0.115. The molecule has 0 saturated carbocycles. The molecule has 7 heteroatoms. The standard InChI is InChI=1S/C17H18N4O2S/c1-11-14(9-10-23-11)15-19-20-17(21(15)3)24-12(2)16(22)18-13-7-5-4-6-8-13/h4-10,12H,1-3H3,(H,18,22). The Hall–Kier alpha value is -2.54. The van der Waals surface area contributed by atoms with Gasteiger partial charge in [-0.05, 0) is 32.0 Å². The predicted molar refractivity (Wildman–Crippen MR) is 93.8 cm³/mol. The van der Waals surface area contributed by atoms with Crippen molar-refractivity contribution >= 4 is 23.4 Å². The summed E-state index contributed by atoms with van der Waals surface area (Å²) in [4.78, 5) is 12.3. The molecule has 2 heterocycles. The molecule has 0 aliphatic carbocycles. The van der Waals surface area contributed by atoms with Crippen molar-refractivity contribution in [1.82, 2.24) is 14.8 Å². The molecule has 2 aromatic heterocycles. The number of benzene rings is 1. The average molecular weight is 342 g/mol. The molecule has 1 unspecified atom stereocenters. The maximum atomic E-state index is 12.3. The number of thioether (sulfide) groups is 1. The minimum atomic E-state index is -0.300. The van der Waals surface area contributed by atoms with Gasteiger partial charge in [0.2, 0.25) is 5.91 Å². The number of carbonyl (C=O) groups is 1. The minimum absolute atomic E-state index is 0.0739. The molecule has 1 amide bonds. The zero-order chi connectivity index (χ0) is 17.1. The van der Waals surface area contributed by atoms with Crippen molar-refractivity contribution in [3.05, 3.63) is 48.4 Å². The molecule has 0 radical (unpaired) electrons. The van der Waals surface area contributed by atoms with E-state index in [2.05, 4.69) is 15.5 Å². The molecular weight excluding hydrogens is 324 g/mol. The first-order valence-electron chi connectivity index (χ1n) is 7.52. The maximum Gasteiger partial charge on any atom is 0.237 e. The van der Waals surface area contributed by atoms with Crippen molar-refractivity contribution < 1.29 is 9.21 Å². The van der Waals surface area contributed by atoms with Gasteiger partial charge in [0, 0.05) is 12.7 Å². The summed E-state index contributed by atoms with van der Waals surface area (Å²) >= 11 is 1.37. The normalized spacial score (nSPS) is 12.1. The number of nitrogens with one attached hydrogen (secondary N) is 1. The monoisotopic (exact) mass is 342 g/mol. The summed E-state index contributed by atoms with van der Waals surface area (Å²) in [5.74, 6) is 1.44. The van der Waals surface area contributed by atoms with E-state index in [9.17, 15) is 4.79 Å². The number of furan rings is 1. The van der Waals surface area contributed by atoms with Crippen molar-refractivity contribution in [2.24, 2.45) is 7.05 Å². The number of rotatable bonds is 5. The molecule has 0 aliphatic rings. The molecule has 6 nitrogen and oxygen atoms in total. The zero-order valence-corrected chi connectivity index (χ0v) is 14.5. The van der Waals surface area contributed by atoms with Gasteiger partial charge in [0.1, 0.15) is 5.76 Å². The minimum Gasteiger partial charge on any atom is -0.469 e. The molecule has 0 fully saturated rings. The highest BCUT2D eigenvalue weighted by atomic mass is 32.2. The Labute approximate surface area is 144 Å². The Bertz CT molecular complexity index is 841. The van der Waals surface area contributed by atoms with Crippen molar-refractivity contribution in [3.8, 4) is 11.4 Å². The highest BCUT2D eigenvalue weighted by Gasteiger charge is 2.20. The van der Waals surface area contributed by atoms with Gasteiger partial charge in [0.05, 0.1) is 17.1 Å². The SMILES string of the molecule is Cc1occc1-c1nnc(SC(C)C(=O)Nc2ccccc2)n1C. The fraction of sp³-hybridized carbons (Fsp3) is 0.235. The van der Waals surface area contributed by atoms with Crippen LogP contribution in [0.3, 0.4) is 0 Å². The van der Waals surface area contributed by atoms with Crippen LogP contribution in [0.4, 0.5) is 5.69 Å². The summed E-state index contributed by atoms with van der Waals surface area (Å²) in [6.07, 6.45) is 1.63. The number of hydrogen-bond acceptors (Lipinski definition) is 5. The Morgan fingerprint density at radius 2 is 2.00 bits per heavy atom. The molecule has 0 spiro atoms. The largest absolute Gasteiger partial charge is 0.469 e. The first-order valence-corrected chi connectivity index (χ1v) is 8.40. The Morgan fingerprint density at radius 1 is 1.25 bits per heavy atom. The van der Waals surface area contributed by atoms with Crippen LogP contribution in [0.15, 0.2) is 52.2 Å². The first kappa shape index (κ1) is 16.3. The lowest BCUT2D eigenvalue weighted by Gasteiger charge is -2.11. The molecule has 3 rings (SSSR count). The van der Waals surface area contributed by atoms with E-state index in [4.69, 9.17) is 4.42 Å². The van der Waals surface area contributed by atoms with E-state index < -0.39 is 0 Å². The molecule has 0 aliphatic heterocycles. The lowest BCUT2D eigenvalue weighted by Crippen LogP contribution is -2.22. The number of carbonyl (C=O) groups excluding carboxylic acids is 1. The Kier molecular flexibility index (Phi) is 4.71. The van der Waals surface area contributed by atoms with E-state index in [-0.39, 0.29) is 11.2 Å². The van der Waals surface area contributed by atoms with Crippen LogP contribution >= 0.6 is 11.8 Å². The molecule has 3 aromatic rings. The molecule has 124 valence electrons. The van der Waals surface area contributed by atoms with Crippen LogP contribution in [0.25, 0.3) is 11.4 Å². The number of hydrogen-bond donors (Lipinski definition) is 1. The number of anilines is 1. The van der Waals surface area contributed by atoms with Crippen LogP contribution in [-0.4, -0.2) is 25.9 Å². The van der Waals surface area contributed by atoms with Gasteiger partial charge in [0.25, 0.3) is 0 Å². The Balaban J connectivity index is 1.71. The molecular formula is C17H18N4O2S. The van der Waals surface area contributed by atoms with Gasteiger partial charge in [-0.3, -0.25) is 4.79 Å². The fourth-order valence-corrected chi connectivity index (χ4v) is 3.06. The van der Waals surface area contributed by atoms with Gasteiger partial charge in [-0.2, -0.15) is 0 Å². The van der Waals surface area contributed by atoms with Gasteiger partial charge >= 0.3 is 0 Å². The lowest BCUT2D eigenvalue weighted by atomic mass is 10.2. The summed E-state index contributed by atoms with van der Waals surface area (Å²) in [6.45, 7) is 3.73. The fourth-order valence-electron chi connectivity index (χ4n) is 2.25. The highest BCUT2D eigenvalue weighted by Crippen LogP contribution is 2.28. The summed E-state index contributed by atoms with van der Waals surface area (Å²) in [6, 6.07) is 11.3. The second-order valence-corrected chi connectivity index (χ2v) is 6.68. The summed E-state index contributed by atoms with van der Waals surface area (Å²) in [5, 5.41) is 11.7. The summed E-state index contributed by atoms with van der Waals surface area (Å²) in [5.41, 5.74) is 1.68. The number of para-hydroxylation sites is 1. The molecule has 0 bridgehead atoms. The quantitative estimate of drug-likeness (QED) is 0.718. The van der Waals surface area contributed by atoms with Gasteiger partial charge in [-0.25, -0.2) is 0 Å². The van der Waals surface area contributed by atoms with Crippen molar-refractivity contribution in [3.63, 3.8) is 0 Å². The number of aryl methyl sites for hydroxylation is 1. The maximum absolute atomic E-state index is 12.3. The van der Waals surface area contributed by atoms with Crippen LogP contribution in [0.5, 0.6) is 0 Å². The summed E-state index contributed by atoms with van der Waals surface area (Å²) < 4.78 is 7.19. The Morgan fingerprint density at radius 3 is 2.67 bits per heavy atom. The van der Waals surface area contributed by atoms with Crippen molar-refractivity contribution in [1.29, 1.82) is 0 Å². The van der Waals surface area contributed by atoms with E-state index in [0.717, 1.165) is 22.8 Å². The molecule has 1 N–H and O–H groups in total. The third kappa shape index (κ3) is 3.35. The zero-order valence-electron chi connectivity index (χ0n) is 13.7. The first-order chi connectivity index (χ1) is 11.6. The van der Waals surface area contributed by atoms with E-state index in [1.807, 2.05) is 61.9 Å². The second kappa shape index (κ2) is 6.92. The van der Waals surface area contributed by atoms with E-state index >= 15 is 0 Å². The number of amides is 1. The molecule has 0 saturated heterocycles. The van der Waals surface area contributed by atoms with Crippen LogP contribution in [-0.2, 0) is 11.8 Å². The number of nitrogens with zero attached hydrogens (tertiary/aromatic N) is 3. The number of aromatic nitrogens is 3. The molecule has 1 atom stereocenters. The van der Waals surface area contributed by atoms with Crippen LogP contribution < -0.4 is 5.32 Å². The van der Waals surface area contributed by atoms with E-state index in [0.29, 0.717) is 5.16 Å². The predicted octanol–water partition coefficient (Wildman–Crippen LogP) is 3.50. The summed E-state index contributed by atoms with van der Waals surface area (Å²) in [7, 11) is 1.88.